The second-order valence-corrected chi connectivity index (χ2v) is 5.38. The molecule has 0 radical (unpaired) electrons. The molecule has 0 unspecified atom stereocenters. The Balaban J connectivity index is 1.94. The standard InChI is InChI=1S/C14H23NO2/c16-13-10-6-7-11-15(13)14(17)12-8-4-2-1-3-5-9-12/h12H,1-11H2. The van der Waals surface area contributed by atoms with Gasteiger partial charge >= 0.3 is 0 Å². The monoisotopic (exact) mass is 237 g/mol. The summed E-state index contributed by atoms with van der Waals surface area (Å²) < 4.78 is 0. The summed E-state index contributed by atoms with van der Waals surface area (Å²) in [6.45, 7) is 0.661. The van der Waals surface area contributed by atoms with Crippen molar-refractivity contribution in [2.45, 2.75) is 64.2 Å². The van der Waals surface area contributed by atoms with Gasteiger partial charge in [-0.25, -0.2) is 0 Å². The van der Waals surface area contributed by atoms with Gasteiger partial charge in [0.25, 0.3) is 0 Å². The molecule has 0 aromatic rings. The SMILES string of the molecule is O=C1CCCCN1C(=O)C1CCCCCCC1. The molecule has 2 amide bonds. The van der Waals surface area contributed by atoms with Gasteiger partial charge < -0.3 is 0 Å². The molecule has 2 aliphatic rings. The minimum Gasteiger partial charge on any atom is -0.282 e. The Morgan fingerprint density at radius 1 is 0.941 bits per heavy atom. The third kappa shape index (κ3) is 3.30. The molecule has 0 bridgehead atoms. The van der Waals surface area contributed by atoms with Crippen LogP contribution < -0.4 is 0 Å². The van der Waals surface area contributed by atoms with Crippen molar-refractivity contribution < 1.29 is 9.59 Å². The highest BCUT2D eigenvalue weighted by atomic mass is 16.2. The van der Waals surface area contributed by atoms with Gasteiger partial charge in [0.1, 0.15) is 0 Å². The number of nitrogens with zero attached hydrogens (tertiary/aromatic N) is 1. The summed E-state index contributed by atoms with van der Waals surface area (Å²) in [6, 6.07) is 0. The third-order valence-electron chi connectivity index (χ3n) is 4.04. The second kappa shape index (κ2) is 6.18. The van der Waals surface area contributed by atoms with E-state index in [-0.39, 0.29) is 17.7 Å². The molecule has 1 saturated carbocycles. The maximum absolute atomic E-state index is 12.3. The molecule has 1 heterocycles. The topological polar surface area (TPSA) is 37.4 Å². The van der Waals surface area contributed by atoms with E-state index in [9.17, 15) is 9.59 Å². The fourth-order valence-electron chi connectivity index (χ4n) is 2.96. The first-order valence-corrected chi connectivity index (χ1v) is 7.13. The Hall–Kier alpha value is -0.860. The maximum Gasteiger partial charge on any atom is 0.232 e. The maximum atomic E-state index is 12.3. The summed E-state index contributed by atoms with van der Waals surface area (Å²) in [7, 11) is 0. The Kier molecular flexibility index (Phi) is 4.57. The van der Waals surface area contributed by atoms with Gasteiger partial charge in [-0.15, -0.1) is 0 Å². The molecule has 0 atom stereocenters. The van der Waals surface area contributed by atoms with E-state index >= 15 is 0 Å². The zero-order valence-electron chi connectivity index (χ0n) is 10.6. The number of amides is 2. The second-order valence-electron chi connectivity index (χ2n) is 5.38. The lowest BCUT2D eigenvalue weighted by atomic mass is 9.89. The molecular weight excluding hydrogens is 214 g/mol. The van der Waals surface area contributed by atoms with Crippen LogP contribution in [0, 0.1) is 5.92 Å². The number of likely N-dealkylation sites (tertiary alicyclic amines) is 1. The molecule has 1 aliphatic carbocycles. The van der Waals surface area contributed by atoms with Crippen LogP contribution in [0.5, 0.6) is 0 Å². The van der Waals surface area contributed by atoms with Crippen molar-refractivity contribution in [3.63, 3.8) is 0 Å². The zero-order chi connectivity index (χ0) is 12.1. The molecule has 17 heavy (non-hydrogen) atoms. The summed E-state index contributed by atoms with van der Waals surface area (Å²) in [5.74, 6) is 0.303. The van der Waals surface area contributed by atoms with Gasteiger partial charge in [0.05, 0.1) is 0 Å². The Morgan fingerprint density at radius 3 is 2.24 bits per heavy atom. The number of carbonyl (C=O) groups excluding carboxylic acids is 2. The third-order valence-corrected chi connectivity index (χ3v) is 4.04. The average Bonchev–Trinajstić information content (AvgIpc) is 2.28. The van der Waals surface area contributed by atoms with Crippen LogP contribution in [0.3, 0.4) is 0 Å². The Morgan fingerprint density at radius 2 is 1.59 bits per heavy atom. The lowest BCUT2D eigenvalue weighted by molar-refractivity contribution is -0.149. The van der Waals surface area contributed by atoms with E-state index in [0.29, 0.717) is 13.0 Å². The first-order chi connectivity index (χ1) is 8.29. The van der Waals surface area contributed by atoms with E-state index in [1.807, 2.05) is 0 Å². The normalized spacial score (nSPS) is 24.2. The molecule has 96 valence electrons. The number of hydrogen-bond acceptors (Lipinski definition) is 2. The Bertz CT molecular complexity index is 280. The van der Waals surface area contributed by atoms with Gasteiger partial charge in [-0.3, -0.25) is 14.5 Å². The van der Waals surface area contributed by atoms with Crippen LogP contribution in [0.4, 0.5) is 0 Å². The smallest absolute Gasteiger partial charge is 0.232 e. The summed E-state index contributed by atoms with van der Waals surface area (Å²) in [5.41, 5.74) is 0. The first kappa shape index (κ1) is 12.6. The largest absolute Gasteiger partial charge is 0.282 e. The van der Waals surface area contributed by atoms with Crippen molar-refractivity contribution in [2.24, 2.45) is 5.92 Å². The predicted octanol–water partition coefficient (Wildman–Crippen LogP) is 2.89. The molecule has 0 aromatic carbocycles. The Labute approximate surface area is 104 Å². The predicted molar refractivity (Wildman–Crippen MR) is 66.4 cm³/mol. The van der Waals surface area contributed by atoms with Crippen molar-refractivity contribution in [1.29, 1.82) is 0 Å². The quantitative estimate of drug-likeness (QED) is 0.658. The number of rotatable bonds is 1. The first-order valence-electron chi connectivity index (χ1n) is 7.13. The van der Waals surface area contributed by atoms with Crippen LogP contribution >= 0.6 is 0 Å². The van der Waals surface area contributed by atoms with E-state index in [2.05, 4.69) is 0 Å². The van der Waals surface area contributed by atoms with E-state index in [1.54, 1.807) is 0 Å². The number of carbonyl (C=O) groups is 2. The molecular formula is C14H23NO2. The number of piperidine rings is 1. The fraction of sp³-hybridized carbons (Fsp3) is 0.857. The molecule has 3 nitrogen and oxygen atoms in total. The van der Waals surface area contributed by atoms with Crippen LogP contribution in [0.1, 0.15) is 64.2 Å². The summed E-state index contributed by atoms with van der Waals surface area (Å²) in [6.07, 6.45) is 10.6. The van der Waals surface area contributed by atoms with Crippen LogP contribution in [-0.2, 0) is 9.59 Å². The minimum atomic E-state index is 0.0586. The average molecular weight is 237 g/mol. The summed E-state index contributed by atoms with van der Waals surface area (Å²) >= 11 is 0. The van der Waals surface area contributed by atoms with Crippen molar-refractivity contribution in [2.75, 3.05) is 6.54 Å². The van der Waals surface area contributed by atoms with E-state index < -0.39 is 0 Å². The fourth-order valence-corrected chi connectivity index (χ4v) is 2.96. The molecule has 2 rings (SSSR count). The lowest BCUT2D eigenvalue weighted by Gasteiger charge is -2.29. The van der Waals surface area contributed by atoms with Gasteiger partial charge in [-0.1, -0.05) is 32.1 Å². The molecule has 1 saturated heterocycles. The van der Waals surface area contributed by atoms with Crippen LogP contribution in [0.2, 0.25) is 0 Å². The van der Waals surface area contributed by atoms with Crippen LogP contribution in [-0.4, -0.2) is 23.3 Å². The van der Waals surface area contributed by atoms with Crippen molar-refractivity contribution >= 4 is 11.8 Å². The van der Waals surface area contributed by atoms with Crippen molar-refractivity contribution in [3.8, 4) is 0 Å². The van der Waals surface area contributed by atoms with Gasteiger partial charge in [0.15, 0.2) is 0 Å². The lowest BCUT2D eigenvalue weighted by Crippen LogP contribution is -2.43. The van der Waals surface area contributed by atoms with Gasteiger partial charge in [-0.2, -0.15) is 0 Å². The summed E-state index contributed by atoms with van der Waals surface area (Å²) in [4.78, 5) is 25.6. The van der Waals surface area contributed by atoms with E-state index in [0.717, 1.165) is 38.5 Å². The van der Waals surface area contributed by atoms with E-state index in [1.165, 1.54) is 24.2 Å². The molecule has 0 spiro atoms. The zero-order valence-corrected chi connectivity index (χ0v) is 10.6. The van der Waals surface area contributed by atoms with Gasteiger partial charge in [0.2, 0.25) is 11.8 Å². The molecule has 1 aliphatic heterocycles. The highest BCUT2D eigenvalue weighted by Crippen LogP contribution is 2.25. The number of imide groups is 1. The van der Waals surface area contributed by atoms with Crippen molar-refractivity contribution in [3.05, 3.63) is 0 Å². The summed E-state index contributed by atoms with van der Waals surface area (Å²) in [5, 5.41) is 0. The van der Waals surface area contributed by atoms with Gasteiger partial charge in [0, 0.05) is 18.9 Å². The highest BCUT2D eigenvalue weighted by molar-refractivity contribution is 5.96. The van der Waals surface area contributed by atoms with E-state index in [4.69, 9.17) is 0 Å². The molecule has 0 N–H and O–H groups in total. The number of hydrogen-bond donors (Lipinski definition) is 0. The van der Waals surface area contributed by atoms with Gasteiger partial charge in [-0.05, 0) is 25.7 Å². The van der Waals surface area contributed by atoms with Crippen molar-refractivity contribution in [1.82, 2.24) is 4.90 Å². The minimum absolute atomic E-state index is 0.0586. The van der Waals surface area contributed by atoms with Crippen LogP contribution in [0.15, 0.2) is 0 Å². The molecule has 2 fully saturated rings. The highest BCUT2D eigenvalue weighted by Gasteiger charge is 2.29. The van der Waals surface area contributed by atoms with Crippen LogP contribution in [0.25, 0.3) is 0 Å². The molecule has 3 heteroatoms. The molecule has 0 aromatic heterocycles.